The summed E-state index contributed by atoms with van der Waals surface area (Å²) in [6.45, 7) is 0. The van der Waals surface area contributed by atoms with Crippen LogP contribution in [0.4, 0.5) is 0 Å². The zero-order valence-corrected chi connectivity index (χ0v) is 28.0. The number of hydrogen-bond acceptors (Lipinski definition) is 0. The first-order valence-electron chi connectivity index (χ1n) is 17.6. The van der Waals surface area contributed by atoms with E-state index in [1.54, 1.807) is 0 Å². The molecule has 1 aromatic heterocycles. The Morgan fingerprint density at radius 1 is 0.255 bits per heavy atom. The summed E-state index contributed by atoms with van der Waals surface area (Å²) in [6, 6.07) is 73.0. The van der Waals surface area contributed by atoms with Crippen LogP contribution in [-0.2, 0) is 0 Å². The number of aromatic nitrogens is 1. The third-order valence-corrected chi connectivity index (χ3v) is 10.4. The molecule has 0 atom stereocenters. The summed E-state index contributed by atoms with van der Waals surface area (Å²) in [6.07, 6.45) is 0. The van der Waals surface area contributed by atoms with E-state index in [0.717, 1.165) is 5.69 Å². The van der Waals surface area contributed by atoms with Crippen LogP contribution in [0.2, 0.25) is 0 Å². The molecule has 0 aliphatic carbocycles. The van der Waals surface area contributed by atoms with Crippen molar-refractivity contribution in [1.29, 1.82) is 0 Å². The number of fused-ring (bicyclic) bond motifs is 5. The van der Waals surface area contributed by atoms with Crippen molar-refractivity contribution < 1.29 is 0 Å². The third-order valence-electron chi connectivity index (χ3n) is 10.4. The largest absolute Gasteiger partial charge is 0.309 e. The Labute approximate surface area is 297 Å². The molecule has 51 heavy (non-hydrogen) atoms. The van der Waals surface area contributed by atoms with Crippen LogP contribution in [0.1, 0.15) is 0 Å². The minimum Gasteiger partial charge on any atom is -0.309 e. The monoisotopic (exact) mass is 647 g/mol. The molecule has 0 spiro atoms. The molecule has 0 bridgehead atoms. The van der Waals surface area contributed by atoms with Gasteiger partial charge in [-0.2, -0.15) is 0 Å². The van der Waals surface area contributed by atoms with Crippen LogP contribution in [0.5, 0.6) is 0 Å². The highest BCUT2D eigenvalue weighted by Crippen LogP contribution is 2.38. The lowest BCUT2D eigenvalue weighted by molar-refractivity contribution is 1.18. The molecule has 1 nitrogen and oxygen atoms in total. The van der Waals surface area contributed by atoms with Gasteiger partial charge in [0.05, 0.1) is 11.0 Å². The van der Waals surface area contributed by atoms with Crippen molar-refractivity contribution >= 4 is 43.4 Å². The second-order valence-electron chi connectivity index (χ2n) is 13.4. The SMILES string of the molecule is c1ccc(-c2ccc3c4ccc(-c5ccc(-c6cccc7ccccc67)cc5)cc4n(-c4ccc(-c5ccc6ccccc6c5)cc4)c3c2)cc1. The van der Waals surface area contributed by atoms with Crippen LogP contribution in [-0.4, -0.2) is 4.57 Å². The molecule has 10 aromatic rings. The second kappa shape index (κ2) is 12.0. The highest BCUT2D eigenvalue weighted by atomic mass is 15.0. The van der Waals surface area contributed by atoms with Crippen molar-refractivity contribution in [3.8, 4) is 50.2 Å². The Balaban J connectivity index is 1.10. The van der Waals surface area contributed by atoms with Gasteiger partial charge in [-0.15, -0.1) is 0 Å². The minimum absolute atomic E-state index is 1.15. The Kier molecular flexibility index (Phi) is 6.89. The standard InChI is InChI=1S/C50H33N/c1-2-9-34(10-3-1)42-25-29-47-48-30-26-43(36-17-20-39(21-18-36)46-16-8-14-38-12-6-7-15-45(38)46)33-50(48)51(49(47)32-42)44-27-23-37(24-28-44)41-22-19-35-11-4-5-13-40(35)31-41/h1-33H. The predicted octanol–water partition coefficient (Wildman–Crippen LogP) is 13.8. The van der Waals surface area contributed by atoms with Gasteiger partial charge in [0.25, 0.3) is 0 Å². The van der Waals surface area contributed by atoms with Crippen molar-refractivity contribution in [2.24, 2.45) is 0 Å². The van der Waals surface area contributed by atoms with Gasteiger partial charge in [0.2, 0.25) is 0 Å². The maximum absolute atomic E-state index is 2.44. The normalized spacial score (nSPS) is 11.5. The molecule has 9 aromatic carbocycles. The highest BCUT2D eigenvalue weighted by molar-refractivity contribution is 6.11. The van der Waals surface area contributed by atoms with E-state index in [-0.39, 0.29) is 0 Å². The van der Waals surface area contributed by atoms with E-state index in [2.05, 4.69) is 205 Å². The zero-order valence-electron chi connectivity index (χ0n) is 28.0. The van der Waals surface area contributed by atoms with E-state index in [0.29, 0.717) is 0 Å². The van der Waals surface area contributed by atoms with Crippen LogP contribution in [0.25, 0.3) is 93.5 Å². The molecule has 0 saturated heterocycles. The van der Waals surface area contributed by atoms with E-state index in [1.807, 2.05) is 0 Å². The molecule has 0 aliphatic rings. The first kappa shape index (κ1) is 29.2. The van der Waals surface area contributed by atoms with E-state index in [4.69, 9.17) is 0 Å². The molecule has 0 aliphatic heterocycles. The Morgan fingerprint density at radius 3 is 1.45 bits per heavy atom. The summed E-state index contributed by atoms with van der Waals surface area (Å²) in [5, 5.41) is 7.56. The zero-order chi connectivity index (χ0) is 33.7. The molecule has 238 valence electrons. The van der Waals surface area contributed by atoms with Crippen molar-refractivity contribution in [3.05, 3.63) is 200 Å². The number of nitrogens with zero attached hydrogens (tertiary/aromatic N) is 1. The highest BCUT2D eigenvalue weighted by Gasteiger charge is 2.15. The maximum atomic E-state index is 2.44. The van der Waals surface area contributed by atoms with Gasteiger partial charge in [-0.1, -0.05) is 170 Å². The van der Waals surface area contributed by atoms with Crippen LogP contribution >= 0.6 is 0 Å². The van der Waals surface area contributed by atoms with Gasteiger partial charge in [0.15, 0.2) is 0 Å². The smallest absolute Gasteiger partial charge is 0.0547 e. The van der Waals surface area contributed by atoms with Crippen LogP contribution in [0.15, 0.2) is 200 Å². The first-order chi connectivity index (χ1) is 25.3. The quantitative estimate of drug-likeness (QED) is 0.175. The van der Waals surface area contributed by atoms with Crippen molar-refractivity contribution in [2.45, 2.75) is 0 Å². The summed E-state index contributed by atoms with van der Waals surface area (Å²) in [7, 11) is 0. The molecule has 1 heterocycles. The molecule has 1 heteroatoms. The van der Waals surface area contributed by atoms with E-state index >= 15 is 0 Å². The lowest BCUT2D eigenvalue weighted by Gasteiger charge is -2.12. The average Bonchev–Trinajstić information content (AvgIpc) is 3.54. The Bertz CT molecular complexity index is 2870. The summed E-state index contributed by atoms with van der Waals surface area (Å²) in [4.78, 5) is 0. The fourth-order valence-corrected chi connectivity index (χ4v) is 7.78. The van der Waals surface area contributed by atoms with E-state index in [9.17, 15) is 0 Å². The molecule has 10 rings (SSSR count). The maximum Gasteiger partial charge on any atom is 0.0547 e. The van der Waals surface area contributed by atoms with Crippen molar-refractivity contribution in [1.82, 2.24) is 4.57 Å². The van der Waals surface area contributed by atoms with Gasteiger partial charge in [0, 0.05) is 16.5 Å². The molecule has 0 amide bonds. The molecule has 0 saturated carbocycles. The first-order valence-corrected chi connectivity index (χ1v) is 17.6. The fraction of sp³-hybridized carbons (Fsp3) is 0. The van der Waals surface area contributed by atoms with Crippen LogP contribution in [0, 0.1) is 0 Å². The molecule has 0 N–H and O–H groups in total. The number of rotatable bonds is 5. The van der Waals surface area contributed by atoms with Crippen molar-refractivity contribution in [2.75, 3.05) is 0 Å². The van der Waals surface area contributed by atoms with Gasteiger partial charge >= 0.3 is 0 Å². The van der Waals surface area contributed by atoms with E-state index in [1.165, 1.54) is 87.9 Å². The number of benzene rings is 9. The summed E-state index contributed by atoms with van der Waals surface area (Å²) in [5.41, 5.74) is 13.3. The lowest BCUT2D eigenvalue weighted by Crippen LogP contribution is -1.94. The predicted molar refractivity (Wildman–Crippen MR) is 218 cm³/mol. The summed E-state index contributed by atoms with van der Waals surface area (Å²) in [5.74, 6) is 0. The summed E-state index contributed by atoms with van der Waals surface area (Å²) >= 11 is 0. The van der Waals surface area contributed by atoms with Crippen LogP contribution < -0.4 is 0 Å². The summed E-state index contributed by atoms with van der Waals surface area (Å²) < 4.78 is 2.44. The topological polar surface area (TPSA) is 4.93 Å². The molecule has 0 unspecified atom stereocenters. The molecule has 0 radical (unpaired) electrons. The molecule has 0 fully saturated rings. The van der Waals surface area contributed by atoms with Gasteiger partial charge in [-0.3, -0.25) is 0 Å². The average molecular weight is 648 g/mol. The molecular weight excluding hydrogens is 615 g/mol. The van der Waals surface area contributed by atoms with Crippen molar-refractivity contribution in [3.63, 3.8) is 0 Å². The number of hydrogen-bond donors (Lipinski definition) is 0. The minimum atomic E-state index is 1.15. The van der Waals surface area contributed by atoms with Crippen LogP contribution in [0.3, 0.4) is 0 Å². The van der Waals surface area contributed by atoms with Gasteiger partial charge in [-0.25, -0.2) is 0 Å². The van der Waals surface area contributed by atoms with Gasteiger partial charge < -0.3 is 4.57 Å². The van der Waals surface area contributed by atoms with Gasteiger partial charge in [0.1, 0.15) is 0 Å². The third kappa shape index (κ3) is 5.10. The Hall–Kier alpha value is -6.70. The molecular formula is C50H33N. The Morgan fingerprint density at radius 2 is 0.745 bits per heavy atom. The van der Waals surface area contributed by atoms with E-state index < -0.39 is 0 Å². The lowest BCUT2D eigenvalue weighted by atomic mass is 9.96. The fourth-order valence-electron chi connectivity index (χ4n) is 7.78. The van der Waals surface area contributed by atoms with Gasteiger partial charge in [-0.05, 0) is 96.4 Å². The second-order valence-corrected chi connectivity index (χ2v) is 13.4.